The van der Waals surface area contributed by atoms with Crippen LogP contribution in [-0.4, -0.2) is 31.0 Å². The third-order valence-corrected chi connectivity index (χ3v) is 5.58. The average Bonchev–Trinajstić information content (AvgIpc) is 2.81. The van der Waals surface area contributed by atoms with Gasteiger partial charge in [0, 0.05) is 25.2 Å². The van der Waals surface area contributed by atoms with Gasteiger partial charge in [0.05, 0.1) is 12.2 Å². The van der Waals surface area contributed by atoms with Crippen molar-refractivity contribution in [2.75, 3.05) is 19.8 Å². The molecule has 2 heterocycles. The van der Waals surface area contributed by atoms with Gasteiger partial charge in [0.25, 0.3) is 0 Å². The van der Waals surface area contributed by atoms with Crippen molar-refractivity contribution in [2.24, 2.45) is 17.6 Å². The lowest BCUT2D eigenvalue weighted by molar-refractivity contribution is -0.112. The quantitative estimate of drug-likeness (QED) is 0.781. The van der Waals surface area contributed by atoms with E-state index in [1.54, 1.807) is 0 Å². The summed E-state index contributed by atoms with van der Waals surface area (Å²) >= 11 is 0. The van der Waals surface area contributed by atoms with Crippen LogP contribution in [0, 0.1) is 11.8 Å². The molecule has 0 radical (unpaired) electrons. The number of ether oxygens (including phenoxy) is 2. The zero-order valence-electron chi connectivity index (χ0n) is 11.6. The van der Waals surface area contributed by atoms with Crippen LogP contribution in [0.1, 0.15) is 51.9 Å². The summed E-state index contributed by atoms with van der Waals surface area (Å²) in [7, 11) is 0. The van der Waals surface area contributed by atoms with E-state index in [1.165, 1.54) is 25.7 Å². The summed E-state index contributed by atoms with van der Waals surface area (Å²) in [5.74, 6) is 1.51. The Hall–Kier alpha value is -0.120. The van der Waals surface area contributed by atoms with E-state index in [4.69, 9.17) is 15.2 Å². The van der Waals surface area contributed by atoms with Crippen LogP contribution in [-0.2, 0) is 9.47 Å². The fraction of sp³-hybridized carbons (Fsp3) is 1.00. The predicted molar refractivity (Wildman–Crippen MR) is 71.4 cm³/mol. The smallest absolute Gasteiger partial charge is 0.0940 e. The van der Waals surface area contributed by atoms with Gasteiger partial charge in [-0.3, -0.25) is 0 Å². The zero-order chi connectivity index (χ0) is 12.6. The molecule has 0 aromatic rings. The second-order valence-corrected chi connectivity index (χ2v) is 6.94. The van der Waals surface area contributed by atoms with Crippen LogP contribution < -0.4 is 5.73 Å². The second-order valence-electron chi connectivity index (χ2n) is 6.94. The molecule has 0 aromatic carbocycles. The molecule has 1 aliphatic carbocycles. The van der Waals surface area contributed by atoms with Gasteiger partial charge >= 0.3 is 0 Å². The van der Waals surface area contributed by atoms with E-state index in [9.17, 15) is 0 Å². The molecule has 3 heteroatoms. The van der Waals surface area contributed by atoms with Crippen LogP contribution in [0.25, 0.3) is 0 Å². The van der Waals surface area contributed by atoms with Gasteiger partial charge in [0.2, 0.25) is 0 Å². The summed E-state index contributed by atoms with van der Waals surface area (Å²) in [6.07, 6.45) is 8.35. The van der Waals surface area contributed by atoms with E-state index < -0.39 is 0 Å². The molecule has 0 bridgehead atoms. The van der Waals surface area contributed by atoms with Gasteiger partial charge in [-0.1, -0.05) is 6.92 Å². The minimum atomic E-state index is 0.0123. The summed E-state index contributed by atoms with van der Waals surface area (Å²) < 4.78 is 11.6. The van der Waals surface area contributed by atoms with Gasteiger partial charge in [0.15, 0.2) is 0 Å². The van der Waals surface area contributed by atoms with Crippen LogP contribution in [0.15, 0.2) is 0 Å². The maximum absolute atomic E-state index is 6.75. The molecule has 2 N–H and O–H groups in total. The molecule has 2 atom stereocenters. The number of rotatable bonds is 1. The largest absolute Gasteiger partial charge is 0.378 e. The van der Waals surface area contributed by atoms with E-state index >= 15 is 0 Å². The summed E-state index contributed by atoms with van der Waals surface area (Å²) in [6, 6.07) is 0. The first kappa shape index (κ1) is 12.9. The Labute approximate surface area is 110 Å². The Kier molecular flexibility index (Phi) is 3.41. The van der Waals surface area contributed by atoms with Crippen LogP contribution in [0.2, 0.25) is 0 Å². The minimum Gasteiger partial charge on any atom is -0.378 e. The lowest BCUT2D eigenvalue weighted by atomic mass is 9.66. The Bertz CT molecular complexity index is 291. The lowest BCUT2D eigenvalue weighted by Crippen LogP contribution is -2.55. The first-order valence-corrected chi connectivity index (χ1v) is 7.63. The van der Waals surface area contributed by atoms with Crippen LogP contribution >= 0.6 is 0 Å². The third-order valence-electron chi connectivity index (χ3n) is 5.58. The standard InChI is InChI=1S/C15H27NO2/c1-12-2-5-15(16,6-3-12)13-4-8-18-14(10-13)7-9-17-11-14/h12-13H,2-11,16H2,1H3. The van der Waals surface area contributed by atoms with Crippen LogP contribution in [0.5, 0.6) is 0 Å². The van der Waals surface area contributed by atoms with Crippen molar-refractivity contribution in [3.05, 3.63) is 0 Å². The number of nitrogens with two attached hydrogens (primary N) is 1. The average molecular weight is 253 g/mol. The van der Waals surface area contributed by atoms with Crippen molar-refractivity contribution < 1.29 is 9.47 Å². The summed E-state index contributed by atoms with van der Waals surface area (Å²) in [4.78, 5) is 0. The highest BCUT2D eigenvalue weighted by molar-refractivity contribution is 5.01. The molecule has 0 amide bonds. The second kappa shape index (κ2) is 4.77. The molecule has 2 saturated heterocycles. The van der Waals surface area contributed by atoms with E-state index in [1.807, 2.05) is 0 Å². The molecular weight excluding hydrogens is 226 g/mol. The van der Waals surface area contributed by atoms with Gasteiger partial charge in [-0.15, -0.1) is 0 Å². The van der Waals surface area contributed by atoms with Crippen molar-refractivity contribution in [3.63, 3.8) is 0 Å². The van der Waals surface area contributed by atoms with Gasteiger partial charge in [-0.25, -0.2) is 0 Å². The van der Waals surface area contributed by atoms with E-state index in [2.05, 4.69) is 6.92 Å². The fourth-order valence-electron chi connectivity index (χ4n) is 4.09. The summed E-state index contributed by atoms with van der Waals surface area (Å²) in [5.41, 5.74) is 6.84. The molecule has 3 rings (SSSR count). The molecule has 3 fully saturated rings. The molecule has 3 aliphatic rings. The zero-order valence-corrected chi connectivity index (χ0v) is 11.6. The van der Waals surface area contributed by atoms with Crippen molar-refractivity contribution in [1.29, 1.82) is 0 Å². The highest BCUT2D eigenvalue weighted by Gasteiger charge is 2.47. The maximum atomic E-state index is 6.75. The summed E-state index contributed by atoms with van der Waals surface area (Å²) in [6.45, 7) is 4.88. The Balaban J connectivity index is 1.68. The SMILES string of the molecule is CC1CCC(N)(C2CCOC3(CCOC3)C2)CC1. The van der Waals surface area contributed by atoms with E-state index in [0.29, 0.717) is 5.92 Å². The first-order chi connectivity index (χ1) is 8.62. The first-order valence-electron chi connectivity index (χ1n) is 7.63. The predicted octanol–water partition coefficient (Wildman–Crippen LogP) is 2.48. The molecule has 104 valence electrons. The highest BCUT2D eigenvalue weighted by atomic mass is 16.6. The summed E-state index contributed by atoms with van der Waals surface area (Å²) in [5, 5.41) is 0. The normalized spacial score (nSPS) is 49.7. The van der Waals surface area contributed by atoms with Crippen LogP contribution in [0.3, 0.4) is 0 Å². The molecule has 0 aromatic heterocycles. The lowest BCUT2D eigenvalue weighted by Gasteiger charge is -2.48. The number of hydrogen-bond acceptors (Lipinski definition) is 3. The molecule has 1 spiro atoms. The Morgan fingerprint density at radius 1 is 1.06 bits per heavy atom. The molecule has 3 nitrogen and oxygen atoms in total. The van der Waals surface area contributed by atoms with Crippen molar-refractivity contribution in [1.82, 2.24) is 0 Å². The van der Waals surface area contributed by atoms with Crippen LogP contribution in [0.4, 0.5) is 0 Å². The topological polar surface area (TPSA) is 44.5 Å². The van der Waals surface area contributed by atoms with Gasteiger partial charge in [-0.05, 0) is 50.4 Å². The Morgan fingerprint density at radius 3 is 2.50 bits per heavy atom. The molecule has 2 aliphatic heterocycles. The van der Waals surface area contributed by atoms with Gasteiger partial charge in [0.1, 0.15) is 0 Å². The molecule has 2 unspecified atom stereocenters. The fourth-order valence-corrected chi connectivity index (χ4v) is 4.09. The van der Waals surface area contributed by atoms with Gasteiger partial charge < -0.3 is 15.2 Å². The van der Waals surface area contributed by atoms with Crippen molar-refractivity contribution in [3.8, 4) is 0 Å². The van der Waals surface area contributed by atoms with Gasteiger partial charge in [-0.2, -0.15) is 0 Å². The van der Waals surface area contributed by atoms with E-state index in [-0.39, 0.29) is 11.1 Å². The number of hydrogen-bond donors (Lipinski definition) is 1. The molecule has 18 heavy (non-hydrogen) atoms. The van der Waals surface area contributed by atoms with Crippen molar-refractivity contribution >= 4 is 0 Å². The maximum Gasteiger partial charge on any atom is 0.0940 e. The molecule has 1 saturated carbocycles. The highest BCUT2D eigenvalue weighted by Crippen LogP contribution is 2.44. The van der Waals surface area contributed by atoms with E-state index in [0.717, 1.165) is 45.0 Å². The Morgan fingerprint density at radius 2 is 1.83 bits per heavy atom. The molecular formula is C15H27NO2. The third kappa shape index (κ3) is 2.33. The van der Waals surface area contributed by atoms with Crippen molar-refractivity contribution in [2.45, 2.75) is 63.0 Å². The monoisotopic (exact) mass is 253 g/mol. The minimum absolute atomic E-state index is 0.0123.